The summed E-state index contributed by atoms with van der Waals surface area (Å²) in [5.74, 6) is 2.12. The van der Waals surface area contributed by atoms with Gasteiger partial charge in [-0.2, -0.15) is 0 Å². The number of benzene rings is 3. The zero-order valence-corrected chi connectivity index (χ0v) is 16.2. The minimum absolute atomic E-state index is 0.677. The molecule has 0 aliphatic rings. The van der Waals surface area contributed by atoms with Gasteiger partial charge in [0.05, 0.1) is 11.4 Å². The Morgan fingerprint density at radius 2 is 1.31 bits per heavy atom. The first-order valence-corrected chi connectivity index (χ1v) is 9.73. The number of halogens is 1. The summed E-state index contributed by atoms with van der Waals surface area (Å²) in [7, 11) is 0. The van der Waals surface area contributed by atoms with Gasteiger partial charge in [0.2, 0.25) is 0 Å². The summed E-state index contributed by atoms with van der Waals surface area (Å²) in [6.45, 7) is 0. The lowest BCUT2D eigenvalue weighted by Crippen LogP contribution is -1.82. The Hall–Kier alpha value is -3.56. The molecule has 1 N–H and O–H groups in total. The highest BCUT2D eigenvalue weighted by Crippen LogP contribution is 2.35. The quantitative estimate of drug-likeness (QED) is 0.345. The number of nitrogens with zero attached hydrogens (tertiary/aromatic N) is 1. The Morgan fingerprint density at radius 3 is 2.03 bits per heavy atom. The number of aromatic nitrogens is 2. The molecule has 5 aromatic rings. The van der Waals surface area contributed by atoms with Crippen LogP contribution >= 0.6 is 11.6 Å². The molecule has 0 amide bonds. The van der Waals surface area contributed by atoms with Gasteiger partial charge in [-0.1, -0.05) is 84.4 Å². The van der Waals surface area contributed by atoms with Crippen LogP contribution in [0.1, 0.15) is 0 Å². The summed E-state index contributed by atoms with van der Waals surface area (Å²) < 4.78 is 6.10. The number of furan rings is 1. The van der Waals surface area contributed by atoms with E-state index in [0.29, 0.717) is 16.6 Å². The van der Waals surface area contributed by atoms with Crippen LogP contribution < -0.4 is 0 Å². The molecular formula is C25H17ClN2O. The van der Waals surface area contributed by atoms with E-state index in [1.54, 1.807) is 0 Å². The second kappa shape index (κ2) is 7.46. The van der Waals surface area contributed by atoms with E-state index in [1.165, 1.54) is 0 Å². The number of hydrogen-bond donors (Lipinski definition) is 1. The topological polar surface area (TPSA) is 41.8 Å². The number of aromatic amines is 1. The lowest BCUT2D eigenvalue weighted by atomic mass is 10.1. The molecule has 0 bridgehead atoms. The van der Waals surface area contributed by atoms with Crippen LogP contribution in [0.25, 0.3) is 45.4 Å². The Labute approximate surface area is 173 Å². The smallest absolute Gasteiger partial charge is 0.174 e. The predicted molar refractivity (Wildman–Crippen MR) is 118 cm³/mol. The molecule has 4 heteroatoms. The van der Waals surface area contributed by atoms with Crippen molar-refractivity contribution in [3.8, 4) is 45.4 Å². The van der Waals surface area contributed by atoms with E-state index in [2.05, 4.69) is 29.2 Å². The first-order chi connectivity index (χ1) is 14.3. The molecule has 29 heavy (non-hydrogen) atoms. The summed E-state index contributed by atoms with van der Waals surface area (Å²) in [6, 6.07) is 31.8. The summed E-state index contributed by atoms with van der Waals surface area (Å²) in [4.78, 5) is 8.33. The van der Waals surface area contributed by atoms with Gasteiger partial charge >= 0.3 is 0 Å². The normalized spacial score (nSPS) is 10.9. The van der Waals surface area contributed by atoms with Crippen molar-refractivity contribution >= 4 is 11.6 Å². The van der Waals surface area contributed by atoms with Crippen molar-refractivity contribution in [3.63, 3.8) is 0 Å². The molecule has 2 heterocycles. The molecule has 0 saturated heterocycles. The molecule has 140 valence electrons. The van der Waals surface area contributed by atoms with Crippen LogP contribution in [0.2, 0.25) is 5.02 Å². The van der Waals surface area contributed by atoms with Crippen molar-refractivity contribution in [2.24, 2.45) is 0 Å². The van der Waals surface area contributed by atoms with E-state index >= 15 is 0 Å². The zero-order chi connectivity index (χ0) is 19.6. The summed E-state index contributed by atoms with van der Waals surface area (Å²) in [5.41, 5.74) is 4.92. The lowest BCUT2D eigenvalue weighted by molar-refractivity contribution is 0.593. The van der Waals surface area contributed by atoms with Gasteiger partial charge in [-0.15, -0.1) is 0 Å². The monoisotopic (exact) mass is 396 g/mol. The van der Waals surface area contributed by atoms with Gasteiger partial charge in [-0.05, 0) is 24.3 Å². The Morgan fingerprint density at radius 1 is 0.655 bits per heavy atom. The second-order valence-electron chi connectivity index (χ2n) is 6.72. The third-order valence-electron chi connectivity index (χ3n) is 4.76. The van der Waals surface area contributed by atoms with Gasteiger partial charge in [-0.3, -0.25) is 0 Å². The molecule has 0 unspecified atom stereocenters. The number of hydrogen-bond acceptors (Lipinski definition) is 2. The average molecular weight is 397 g/mol. The molecule has 0 atom stereocenters. The van der Waals surface area contributed by atoms with E-state index in [9.17, 15) is 0 Å². The van der Waals surface area contributed by atoms with Crippen LogP contribution in [-0.4, -0.2) is 9.97 Å². The van der Waals surface area contributed by atoms with Gasteiger partial charge in [0.1, 0.15) is 5.76 Å². The number of imidazole rings is 1. The molecule has 0 saturated carbocycles. The van der Waals surface area contributed by atoms with E-state index in [1.807, 2.05) is 72.8 Å². The standard InChI is InChI=1S/C25H17ClN2O/c26-20-13-7-12-19(16-20)21-14-15-22(29-21)25-27-23(17-8-3-1-4-9-17)24(28-25)18-10-5-2-6-11-18/h1-16H,(H,27,28). The second-order valence-corrected chi connectivity index (χ2v) is 7.15. The molecule has 3 nitrogen and oxygen atoms in total. The van der Waals surface area contributed by atoms with Crippen LogP contribution in [0, 0.1) is 0 Å². The van der Waals surface area contributed by atoms with Crippen molar-refractivity contribution in [1.29, 1.82) is 0 Å². The first-order valence-electron chi connectivity index (χ1n) is 9.35. The lowest BCUT2D eigenvalue weighted by Gasteiger charge is -2.02. The molecule has 0 fully saturated rings. The van der Waals surface area contributed by atoms with Crippen molar-refractivity contribution in [2.45, 2.75) is 0 Å². The molecule has 0 aliphatic heterocycles. The SMILES string of the molecule is Clc1cccc(-c2ccc(-c3nc(-c4ccccc4)c(-c4ccccc4)[nH]3)o2)c1. The van der Waals surface area contributed by atoms with Gasteiger partial charge in [0.15, 0.2) is 11.6 Å². The molecule has 5 rings (SSSR count). The minimum Gasteiger partial charge on any atom is -0.453 e. The van der Waals surface area contributed by atoms with Gasteiger partial charge in [0, 0.05) is 21.7 Å². The molecular weight excluding hydrogens is 380 g/mol. The Bertz CT molecular complexity index is 1200. The fourth-order valence-corrected chi connectivity index (χ4v) is 3.56. The predicted octanol–water partition coefficient (Wildman–Crippen LogP) is 7.32. The molecule has 0 spiro atoms. The largest absolute Gasteiger partial charge is 0.453 e. The molecule has 3 aromatic carbocycles. The van der Waals surface area contributed by atoms with Gasteiger partial charge in [-0.25, -0.2) is 4.98 Å². The van der Waals surface area contributed by atoms with Crippen molar-refractivity contribution < 1.29 is 4.42 Å². The van der Waals surface area contributed by atoms with Crippen LogP contribution in [0.3, 0.4) is 0 Å². The van der Waals surface area contributed by atoms with Crippen LogP contribution in [0.5, 0.6) is 0 Å². The van der Waals surface area contributed by atoms with Crippen LogP contribution in [0.15, 0.2) is 101 Å². The maximum absolute atomic E-state index is 6.12. The fraction of sp³-hybridized carbons (Fsp3) is 0. The third-order valence-corrected chi connectivity index (χ3v) is 5.00. The highest BCUT2D eigenvalue weighted by Gasteiger charge is 2.17. The molecule has 0 radical (unpaired) electrons. The van der Waals surface area contributed by atoms with Crippen LogP contribution in [0.4, 0.5) is 0 Å². The average Bonchev–Trinajstić information content (AvgIpc) is 3.43. The number of nitrogens with one attached hydrogen (secondary N) is 1. The van der Waals surface area contributed by atoms with Crippen molar-refractivity contribution in [2.75, 3.05) is 0 Å². The van der Waals surface area contributed by atoms with Gasteiger partial charge in [0.25, 0.3) is 0 Å². The Kier molecular flexibility index (Phi) is 4.51. The number of H-pyrrole nitrogens is 1. The zero-order valence-electron chi connectivity index (χ0n) is 15.5. The van der Waals surface area contributed by atoms with E-state index in [4.69, 9.17) is 21.0 Å². The summed E-state index contributed by atoms with van der Waals surface area (Å²) in [6.07, 6.45) is 0. The third kappa shape index (κ3) is 3.48. The maximum atomic E-state index is 6.12. The molecule has 2 aromatic heterocycles. The number of rotatable bonds is 4. The highest BCUT2D eigenvalue weighted by atomic mass is 35.5. The Balaban J connectivity index is 1.61. The van der Waals surface area contributed by atoms with Crippen molar-refractivity contribution in [1.82, 2.24) is 9.97 Å². The van der Waals surface area contributed by atoms with Crippen molar-refractivity contribution in [3.05, 3.63) is 102 Å². The van der Waals surface area contributed by atoms with E-state index in [0.717, 1.165) is 33.8 Å². The summed E-state index contributed by atoms with van der Waals surface area (Å²) >= 11 is 6.12. The van der Waals surface area contributed by atoms with E-state index in [-0.39, 0.29) is 0 Å². The maximum Gasteiger partial charge on any atom is 0.174 e. The minimum atomic E-state index is 0.677. The van der Waals surface area contributed by atoms with Gasteiger partial charge < -0.3 is 9.40 Å². The highest BCUT2D eigenvalue weighted by molar-refractivity contribution is 6.30. The van der Waals surface area contributed by atoms with Crippen LogP contribution in [-0.2, 0) is 0 Å². The first kappa shape index (κ1) is 17.5. The molecule has 0 aliphatic carbocycles. The van der Waals surface area contributed by atoms with E-state index < -0.39 is 0 Å². The summed E-state index contributed by atoms with van der Waals surface area (Å²) in [5, 5.41) is 0.677. The fourth-order valence-electron chi connectivity index (χ4n) is 3.37.